The van der Waals surface area contributed by atoms with Gasteiger partial charge in [-0.3, -0.25) is 4.99 Å². The fraction of sp³-hybridized carbons (Fsp3) is 0.538. The highest BCUT2D eigenvalue weighted by Crippen LogP contribution is 2.35. The van der Waals surface area contributed by atoms with Crippen molar-refractivity contribution in [3.63, 3.8) is 0 Å². The second kappa shape index (κ2) is 5.44. The van der Waals surface area contributed by atoms with Crippen LogP contribution >= 0.6 is 11.6 Å². The van der Waals surface area contributed by atoms with Crippen molar-refractivity contribution in [2.75, 3.05) is 0 Å². The van der Waals surface area contributed by atoms with Gasteiger partial charge in [0, 0.05) is 22.9 Å². The maximum Gasteiger partial charge on any atom is 0.130 e. The quantitative estimate of drug-likeness (QED) is 0.735. The second-order valence-electron chi connectivity index (χ2n) is 4.38. The molecule has 0 aromatic carbocycles. The van der Waals surface area contributed by atoms with Crippen LogP contribution in [0.25, 0.3) is 0 Å². The van der Waals surface area contributed by atoms with Crippen molar-refractivity contribution >= 4 is 23.1 Å². The number of ketones is 1. The van der Waals surface area contributed by atoms with Gasteiger partial charge >= 0.3 is 0 Å². The molecular weight excluding hydrogens is 222 g/mol. The van der Waals surface area contributed by atoms with E-state index in [1.54, 1.807) is 6.92 Å². The van der Waals surface area contributed by atoms with Gasteiger partial charge in [0.15, 0.2) is 0 Å². The maximum absolute atomic E-state index is 11.2. The van der Waals surface area contributed by atoms with E-state index in [1.807, 2.05) is 13.8 Å². The Hall–Kier alpha value is -0.890. The lowest BCUT2D eigenvalue weighted by Gasteiger charge is -2.11. The summed E-state index contributed by atoms with van der Waals surface area (Å²) < 4.78 is 0. The summed E-state index contributed by atoms with van der Waals surface area (Å²) in [7, 11) is 0. The van der Waals surface area contributed by atoms with Gasteiger partial charge in [0.1, 0.15) is 5.78 Å². The standard InChI is InChI=1S/C13H18ClNO/c1-8(2)15-12-6-5-11(7-9(3)16)13(12)10(4)14/h11H,1,5-7H2,2-4H3/b13-10+,15-12?. The largest absolute Gasteiger partial charge is 0.300 e. The zero-order valence-electron chi connectivity index (χ0n) is 10.1. The van der Waals surface area contributed by atoms with Crippen LogP contribution in [-0.2, 0) is 4.79 Å². The molecule has 0 bridgehead atoms. The van der Waals surface area contributed by atoms with E-state index < -0.39 is 0 Å². The van der Waals surface area contributed by atoms with E-state index in [-0.39, 0.29) is 11.7 Å². The predicted molar refractivity (Wildman–Crippen MR) is 68.8 cm³/mol. The molecular formula is C13H18ClNO. The average Bonchev–Trinajstić information content (AvgIpc) is 2.45. The molecule has 0 aromatic rings. The lowest BCUT2D eigenvalue weighted by molar-refractivity contribution is -0.117. The molecule has 0 amide bonds. The van der Waals surface area contributed by atoms with E-state index >= 15 is 0 Å². The summed E-state index contributed by atoms with van der Waals surface area (Å²) in [5.41, 5.74) is 2.85. The molecule has 1 aliphatic rings. The molecule has 1 rings (SSSR count). The summed E-state index contributed by atoms with van der Waals surface area (Å²) in [6.07, 6.45) is 2.42. The highest BCUT2D eigenvalue weighted by molar-refractivity contribution is 6.32. The van der Waals surface area contributed by atoms with Crippen LogP contribution in [0.5, 0.6) is 0 Å². The Bertz CT molecular complexity index is 375. The summed E-state index contributed by atoms with van der Waals surface area (Å²) in [6.45, 7) is 9.13. The molecule has 0 spiro atoms. The Labute approximate surface area is 102 Å². The number of nitrogens with zero attached hydrogens (tertiary/aromatic N) is 1. The van der Waals surface area contributed by atoms with Crippen LogP contribution in [0.4, 0.5) is 0 Å². The predicted octanol–water partition coefficient (Wildman–Crippen LogP) is 3.86. The van der Waals surface area contributed by atoms with E-state index in [1.165, 1.54) is 0 Å². The van der Waals surface area contributed by atoms with Crippen LogP contribution in [0.15, 0.2) is 27.9 Å². The van der Waals surface area contributed by atoms with Gasteiger partial charge in [0.05, 0.1) is 0 Å². The van der Waals surface area contributed by atoms with Crippen LogP contribution in [0.1, 0.15) is 40.0 Å². The topological polar surface area (TPSA) is 29.4 Å². The van der Waals surface area contributed by atoms with E-state index in [2.05, 4.69) is 11.6 Å². The minimum Gasteiger partial charge on any atom is -0.300 e. The number of carbonyl (C=O) groups is 1. The summed E-state index contributed by atoms with van der Waals surface area (Å²) in [4.78, 5) is 15.6. The fourth-order valence-electron chi connectivity index (χ4n) is 2.20. The van der Waals surface area contributed by atoms with Crippen molar-refractivity contribution in [1.82, 2.24) is 0 Å². The number of hydrogen-bond acceptors (Lipinski definition) is 2. The number of Topliss-reactive ketones (excluding diaryl/α,β-unsaturated/α-hetero) is 1. The Morgan fingerprint density at radius 1 is 1.50 bits per heavy atom. The SMILES string of the molecule is C=C(C)N=C1CCC(CC(C)=O)/C1=C(/C)Cl. The third-order valence-corrected chi connectivity index (χ3v) is 2.88. The molecule has 0 saturated heterocycles. The molecule has 2 nitrogen and oxygen atoms in total. The molecule has 0 aliphatic heterocycles. The van der Waals surface area contributed by atoms with Crippen molar-refractivity contribution in [2.24, 2.45) is 10.9 Å². The van der Waals surface area contributed by atoms with E-state index in [0.717, 1.165) is 34.9 Å². The molecule has 0 radical (unpaired) electrons. The smallest absolute Gasteiger partial charge is 0.130 e. The van der Waals surface area contributed by atoms with Crippen LogP contribution in [-0.4, -0.2) is 11.5 Å². The van der Waals surface area contributed by atoms with E-state index in [0.29, 0.717) is 6.42 Å². The van der Waals surface area contributed by atoms with Gasteiger partial charge in [0.2, 0.25) is 0 Å². The molecule has 0 N–H and O–H groups in total. The number of hydrogen-bond donors (Lipinski definition) is 0. The first kappa shape index (κ1) is 13.2. The van der Waals surface area contributed by atoms with E-state index in [4.69, 9.17) is 11.6 Å². The van der Waals surface area contributed by atoms with Crippen LogP contribution in [0.2, 0.25) is 0 Å². The zero-order valence-corrected chi connectivity index (χ0v) is 10.9. The Morgan fingerprint density at radius 3 is 2.56 bits per heavy atom. The Morgan fingerprint density at radius 2 is 2.12 bits per heavy atom. The minimum atomic E-state index is 0.206. The molecule has 1 fully saturated rings. The van der Waals surface area contributed by atoms with Gasteiger partial charge < -0.3 is 4.79 Å². The first-order valence-electron chi connectivity index (χ1n) is 5.51. The Balaban J connectivity index is 3.00. The van der Waals surface area contributed by atoms with Crippen molar-refractivity contribution in [1.29, 1.82) is 0 Å². The van der Waals surface area contributed by atoms with Crippen LogP contribution in [0, 0.1) is 5.92 Å². The van der Waals surface area contributed by atoms with Gasteiger partial charge in [-0.2, -0.15) is 0 Å². The van der Waals surface area contributed by atoms with E-state index in [9.17, 15) is 4.79 Å². The molecule has 1 saturated carbocycles. The molecule has 1 aliphatic carbocycles. The lowest BCUT2D eigenvalue weighted by Crippen LogP contribution is -2.07. The van der Waals surface area contributed by atoms with Gasteiger partial charge in [-0.05, 0) is 45.1 Å². The number of aliphatic imine (C=N–C) groups is 1. The number of carbonyl (C=O) groups excluding carboxylic acids is 1. The van der Waals surface area contributed by atoms with Gasteiger partial charge in [-0.25, -0.2) is 0 Å². The average molecular weight is 240 g/mol. The van der Waals surface area contributed by atoms with Crippen molar-refractivity contribution in [3.05, 3.63) is 22.9 Å². The first-order valence-corrected chi connectivity index (χ1v) is 5.88. The van der Waals surface area contributed by atoms with Crippen LogP contribution in [0.3, 0.4) is 0 Å². The van der Waals surface area contributed by atoms with Crippen molar-refractivity contribution < 1.29 is 4.79 Å². The zero-order chi connectivity index (χ0) is 12.3. The van der Waals surface area contributed by atoms with Gasteiger partial charge in [0.25, 0.3) is 0 Å². The highest BCUT2D eigenvalue weighted by atomic mass is 35.5. The highest BCUT2D eigenvalue weighted by Gasteiger charge is 2.29. The van der Waals surface area contributed by atoms with Crippen molar-refractivity contribution in [2.45, 2.75) is 40.0 Å². The Kier molecular flexibility index (Phi) is 4.48. The molecule has 3 heteroatoms. The molecule has 88 valence electrons. The third-order valence-electron chi connectivity index (χ3n) is 2.68. The normalized spacial score (nSPS) is 26.0. The molecule has 16 heavy (non-hydrogen) atoms. The summed E-state index contributed by atoms with van der Waals surface area (Å²) in [6, 6.07) is 0. The monoisotopic (exact) mass is 239 g/mol. The minimum absolute atomic E-state index is 0.206. The lowest BCUT2D eigenvalue weighted by atomic mass is 9.96. The number of allylic oxidation sites excluding steroid dienone is 3. The summed E-state index contributed by atoms with van der Waals surface area (Å²) >= 11 is 6.10. The maximum atomic E-state index is 11.2. The molecule has 1 unspecified atom stereocenters. The second-order valence-corrected chi connectivity index (χ2v) is 4.95. The molecule has 0 heterocycles. The fourth-order valence-corrected chi connectivity index (χ4v) is 2.47. The van der Waals surface area contributed by atoms with Crippen molar-refractivity contribution in [3.8, 4) is 0 Å². The first-order chi connectivity index (χ1) is 7.41. The number of halogens is 1. The third kappa shape index (κ3) is 3.31. The van der Waals surface area contributed by atoms with Crippen LogP contribution < -0.4 is 0 Å². The molecule has 0 aromatic heterocycles. The van der Waals surface area contributed by atoms with Gasteiger partial charge in [-0.15, -0.1) is 0 Å². The summed E-state index contributed by atoms with van der Waals surface area (Å²) in [5.74, 6) is 0.449. The molecule has 1 atom stereocenters. The number of rotatable bonds is 3. The van der Waals surface area contributed by atoms with Gasteiger partial charge in [-0.1, -0.05) is 18.2 Å². The summed E-state index contributed by atoms with van der Waals surface area (Å²) in [5, 5.41) is 0.753.